The van der Waals surface area contributed by atoms with E-state index in [2.05, 4.69) is 13.8 Å². The van der Waals surface area contributed by atoms with E-state index in [1.807, 2.05) is 30.3 Å². The van der Waals surface area contributed by atoms with Crippen LogP contribution in [0.5, 0.6) is 0 Å². The molecule has 0 spiro atoms. The average Bonchev–Trinajstić information content (AvgIpc) is 3.00. The lowest BCUT2D eigenvalue weighted by molar-refractivity contribution is -0.139. The van der Waals surface area contributed by atoms with Crippen molar-refractivity contribution in [2.24, 2.45) is 11.3 Å². The molecule has 1 aromatic rings. The molecule has 16 heavy (non-hydrogen) atoms. The summed E-state index contributed by atoms with van der Waals surface area (Å²) < 4.78 is 0. The quantitative estimate of drug-likeness (QED) is 0.842. The minimum absolute atomic E-state index is 0.00676. The van der Waals surface area contributed by atoms with Crippen molar-refractivity contribution in [2.45, 2.75) is 32.6 Å². The van der Waals surface area contributed by atoms with E-state index >= 15 is 0 Å². The molecule has 1 saturated carbocycles. The van der Waals surface area contributed by atoms with Gasteiger partial charge in [0.25, 0.3) is 0 Å². The molecule has 2 unspecified atom stereocenters. The number of rotatable bonds is 4. The molecule has 0 amide bonds. The van der Waals surface area contributed by atoms with Crippen molar-refractivity contribution in [3.8, 4) is 0 Å². The first-order valence-corrected chi connectivity index (χ1v) is 5.95. The number of hydrogen-bond acceptors (Lipinski definition) is 1. The minimum atomic E-state index is -0.641. The summed E-state index contributed by atoms with van der Waals surface area (Å²) in [7, 11) is 0. The van der Waals surface area contributed by atoms with Crippen molar-refractivity contribution < 1.29 is 9.90 Å². The van der Waals surface area contributed by atoms with Crippen molar-refractivity contribution in [2.75, 3.05) is 0 Å². The van der Waals surface area contributed by atoms with Crippen LogP contribution in [0.2, 0.25) is 0 Å². The lowest BCUT2D eigenvalue weighted by Crippen LogP contribution is -2.08. The highest BCUT2D eigenvalue weighted by Crippen LogP contribution is 2.68. The number of hydrogen-bond donors (Lipinski definition) is 1. The third-order valence-electron chi connectivity index (χ3n) is 4.20. The first-order valence-electron chi connectivity index (χ1n) is 5.95. The Labute approximate surface area is 96.3 Å². The minimum Gasteiger partial charge on any atom is -0.481 e. The normalized spacial score (nSPS) is 26.4. The van der Waals surface area contributed by atoms with Crippen molar-refractivity contribution in [3.05, 3.63) is 35.9 Å². The van der Waals surface area contributed by atoms with Gasteiger partial charge in [0.05, 0.1) is 5.92 Å². The first-order chi connectivity index (χ1) is 7.67. The van der Waals surface area contributed by atoms with Gasteiger partial charge in [-0.1, -0.05) is 44.2 Å². The average molecular weight is 218 g/mol. The van der Waals surface area contributed by atoms with Gasteiger partial charge < -0.3 is 5.11 Å². The SMILES string of the molecule is CCC1(CC)C(C(=O)O)C1c1ccccc1. The molecule has 2 heteroatoms. The Hall–Kier alpha value is -1.31. The van der Waals surface area contributed by atoms with Crippen LogP contribution < -0.4 is 0 Å². The monoisotopic (exact) mass is 218 g/mol. The molecule has 1 aliphatic carbocycles. The van der Waals surface area contributed by atoms with Gasteiger partial charge in [-0.05, 0) is 23.8 Å². The smallest absolute Gasteiger partial charge is 0.307 e. The second-order valence-corrected chi connectivity index (χ2v) is 4.64. The van der Waals surface area contributed by atoms with E-state index in [-0.39, 0.29) is 17.3 Å². The summed E-state index contributed by atoms with van der Waals surface area (Å²) in [5, 5.41) is 9.28. The molecule has 2 atom stereocenters. The molecule has 0 aliphatic heterocycles. The van der Waals surface area contributed by atoms with Crippen LogP contribution in [0.1, 0.15) is 38.2 Å². The van der Waals surface area contributed by atoms with Gasteiger partial charge in [-0.3, -0.25) is 4.79 Å². The molecule has 0 radical (unpaired) electrons. The summed E-state index contributed by atoms with van der Waals surface area (Å²) >= 11 is 0. The number of aliphatic carboxylic acids is 1. The topological polar surface area (TPSA) is 37.3 Å². The highest BCUT2D eigenvalue weighted by Gasteiger charge is 2.66. The van der Waals surface area contributed by atoms with Gasteiger partial charge in [0.2, 0.25) is 0 Å². The van der Waals surface area contributed by atoms with E-state index in [4.69, 9.17) is 0 Å². The van der Waals surface area contributed by atoms with Gasteiger partial charge in [-0.15, -0.1) is 0 Å². The van der Waals surface area contributed by atoms with Crippen molar-refractivity contribution in [3.63, 3.8) is 0 Å². The van der Waals surface area contributed by atoms with Gasteiger partial charge in [0.1, 0.15) is 0 Å². The second kappa shape index (κ2) is 3.93. The standard InChI is InChI=1S/C14H18O2/c1-3-14(4-2)11(12(14)13(15)16)10-8-6-5-7-9-10/h5-9,11-12H,3-4H2,1-2H3,(H,15,16). The van der Waals surface area contributed by atoms with E-state index in [1.165, 1.54) is 5.56 Å². The molecule has 0 bridgehead atoms. The fourth-order valence-electron chi connectivity index (χ4n) is 3.19. The predicted octanol–water partition coefficient (Wildman–Crippen LogP) is 3.29. The van der Waals surface area contributed by atoms with Crippen molar-refractivity contribution in [1.29, 1.82) is 0 Å². The molecule has 0 saturated heterocycles. The Morgan fingerprint density at radius 2 is 1.81 bits per heavy atom. The fraction of sp³-hybridized carbons (Fsp3) is 0.500. The van der Waals surface area contributed by atoms with Crippen LogP contribution in [0.15, 0.2) is 30.3 Å². The van der Waals surface area contributed by atoms with E-state index in [9.17, 15) is 9.90 Å². The number of carboxylic acid groups (broad SMARTS) is 1. The van der Waals surface area contributed by atoms with E-state index in [0.717, 1.165) is 12.8 Å². The van der Waals surface area contributed by atoms with Crippen molar-refractivity contribution >= 4 is 5.97 Å². The Morgan fingerprint density at radius 1 is 1.25 bits per heavy atom. The summed E-state index contributed by atoms with van der Waals surface area (Å²) in [6.07, 6.45) is 1.89. The Morgan fingerprint density at radius 3 is 2.19 bits per heavy atom. The molecule has 1 aromatic carbocycles. The third-order valence-corrected chi connectivity index (χ3v) is 4.20. The van der Waals surface area contributed by atoms with Crippen LogP contribution in [0.25, 0.3) is 0 Å². The molecule has 86 valence electrons. The maximum atomic E-state index is 11.3. The molecule has 1 fully saturated rings. The first kappa shape index (κ1) is 11.2. The largest absolute Gasteiger partial charge is 0.481 e. The fourth-order valence-corrected chi connectivity index (χ4v) is 3.19. The third kappa shape index (κ3) is 1.44. The zero-order valence-corrected chi connectivity index (χ0v) is 9.81. The second-order valence-electron chi connectivity index (χ2n) is 4.64. The molecule has 2 rings (SSSR count). The molecule has 0 aromatic heterocycles. The van der Waals surface area contributed by atoms with E-state index in [1.54, 1.807) is 0 Å². The lowest BCUT2D eigenvalue weighted by Gasteiger charge is -2.11. The van der Waals surface area contributed by atoms with Gasteiger partial charge in [0, 0.05) is 5.92 Å². The summed E-state index contributed by atoms with van der Waals surface area (Å²) in [4.78, 5) is 11.3. The number of benzene rings is 1. The van der Waals surface area contributed by atoms with Gasteiger partial charge in [-0.2, -0.15) is 0 Å². The molecular formula is C14H18O2. The molecule has 0 heterocycles. The van der Waals surface area contributed by atoms with Crippen molar-refractivity contribution in [1.82, 2.24) is 0 Å². The number of carboxylic acids is 1. The number of carbonyl (C=O) groups is 1. The Balaban J connectivity index is 2.33. The highest BCUT2D eigenvalue weighted by molar-refractivity contribution is 5.78. The molecule has 2 nitrogen and oxygen atoms in total. The van der Waals surface area contributed by atoms with Crippen LogP contribution in [0, 0.1) is 11.3 Å². The molecular weight excluding hydrogens is 200 g/mol. The van der Waals surface area contributed by atoms with Crippen LogP contribution in [-0.2, 0) is 4.79 Å². The van der Waals surface area contributed by atoms with Gasteiger partial charge in [-0.25, -0.2) is 0 Å². The Kier molecular flexibility index (Phi) is 2.75. The van der Waals surface area contributed by atoms with Crippen LogP contribution >= 0.6 is 0 Å². The maximum absolute atomic E-state index is 11.3. The van der Waals surface area contributed by atoms with Crippen LogP contribution in [0.4, 0.5) is 0 Å². The van der Waals surface area contributed by atoms with Gasteiger partial charge in [0.15, 0.2) is 0 Å². The van der Waals surface area contributed by atoms with E-state index < -0.39 is 5.97 Å². The summed E-state index contributed by atoms with van der Waals surface area (Å²) in [5.41, 5.74) is 1.17. The van der Waals surface area contributed by atoms with Crippen LogP contribution in [-0.4, -0.2) is 11.1 Å². The zero-order valence-electron chi connectivity index (χ0n) is 9.81. The van der Waals surface area contributed by atoms with E-state index in [0.29, 0.717) is 0 Å². The predicted molar refractivity (Wildman–Crippen MR) is 63.3 cm³/mol. The Bertz CT molecular complexity index is 379. The molecule has 1 N–H and O–H groups in total. The van der Waals surface area contributed by atoms with Gasteiger partial charge >= 0.3 is 5.97 Å². The summed E-state index contributed by atoms with van der Waals surface area (Å²) in [6, 6.07) is 10.0. The lowest BCUT2D eigenvalue weighted by atomic mass is 9.93. The molecule has 1 aliphatic rings. The van der Waals surface area contributed by atoms with Crippen LogP contribution in [0.3, 0.4) is 0 Å². The highest BCUT2D eigenvalue weighted by atomic mass is 16.4. The summed E-state index contributed by atoms with van der Waals surface area (Å²) in [5.74, 6) is -0.622. The zero-order chi connectivity index (χ0) is 11.8. The summed E-state index contributed by atoms with van der Waals surface area (Å²) in [6.45, 7) is 4.20. The maximum Gasteiger partial charge on any atom is 0.307 e.